The van der Waals surface area contributed by atoms with Crippen molar-refractivity contribution < 1.29 is 0 Å². The molecule has 0 aromatic heterocycles. The number of nitrogens with zero attached hydrogens (tertiary/aromatic N) is 2. The number of hydrogen-bond donors (Lipinski definition) is 0. The van der Waals surface area contributed by atoms with Gasteiger partial charge in [-0.15, -0.1) is 0 Å². The first-order valence-corrected chi connectivity index (χ1v) is 18.5. The number of para-hydroxylation sites is 4. The fourth-order valence-electron chi connectivity index (χ4n) is 7.01. The van der Waals surface area contributed by atoms with Crippen LogP contribution in [0.25, 0.3) is 34.4 Å². The molecule has 54 heavy (non-hydrogen) atoms. The molecule has 0 heterocycles. The second-order valence-electron chi connectivity index (χ2n) is 13.6. The molecule has 2 heteroatoms. The highest BCUT2D eigenvalue weighted by Crippen LogP contribution is 2.39. The molecule has 0 aliphatic carbocycles. The SMILES string of the molecule is Cc1ccccc1N(c1ccc(-c2ccc(/C=C/c3ccc(-c4ccc(N(c5ccccc5)c5ccccc5)cc4)cc3)cc2)cc1)c1ccccc1C. The van der Waals surface area contributed by atoms with E-state index in [9.17, 15) is 0 Å². The Morgan fingerprint density at radius 3 is 0.944 bits per heavy atom. The lowest BCUT2D eigenvalue weighted by Gasteiger charge is -2.28. The molecular weight excluding hydrogens is 653 g/mol. The number of rotatable bonds is 10. The van der Waals surface area contributed by atoms with Crippen LogP contribution >= 0.6 is 0 Å². The van der Waals surface area contributed by atoms with E-state index in [1.165, 1.54) is 55.9 Å². The quantitative estimate of drug-likeness (QED) is 0.132. The first kappa shape index (κ1) is 34.2. The normalized spacial score (nSPS) is 11.1. The van der Waals surface area contributed by atoms with Gasteiger partial charge < -0.3 is 9.80 Å². The van der Waals surface area contributed by atoms with Crippen molar-refractivity contribution in [3.05, 3.63) is 229 Å². The zero-order chi connectivity index (χ0) is 36.7. The molecule has 0 aliphatic rings. The first-order valence-electron chi connectivity index (χ1n) is 18.5. The van der Waals surface area contributed by atoms with Gasteiger partial charge in [-0.05, 0) is 119 Å². The van der Waals surface area contributed by atoms with Gasteiger partial charge in [0, 0.05) is 34.1 Å². The van der Waals surface area contributed by atoms with Crippen LogP contribution in [-0.2, 0) is 0 Å². The van der Waals surface area contributed by atoms with E-state index in [1.807, 2.05) is 0 Å². The Hall–Kier alpha value is -6.90. The third-order valence-electron chi connectivity index (χ3n) is 9.95. The van der Waals surface area contributed by atoms with Crippen LogP contribution in [0.5, 0.6) is 0 Å². The molecule has 0 atom stereocenters. The summed E-state index contributed by atoms with van der Waals surface area (Å²) in [6.45, 7) is 4.35. The predicted octanol–water partition coefficient (Wildman–Crippen LogP) is 14.7. The first-order chi connectivity index (χ1) is 26.6. The Labute approximate surface area is 319 Å². The van der Waals surface area contributed by atoms with Crippen molar-refractivity contribution in [1.82, 2.24) is 0 Å². The maximum Gasteiger partial charge on any atom is 0.0490 e. The van der Waals surface area contributed by atoms with E-state index in [-0.39, 0.29) is 0 Å². The molecule has 8 aromatic rings. The van der Waals surface area contributed by atoms with Crippen molar-refractivity contribution in [2.75, 3.05) is 9.80 Å². The van der Waals surface area contributed by atoms with Crippen LogP contribution in [0.2, 0.25) is 0 Å². The second kappa shape index (κ2) is 15.8. The highest BCUT2D eigenvalue weighted by atomic mass is 15.1. The van der Waals surface area contributed by atoms with Crippen LogP contribution in [0.15, 0.2) is 206 Å². The zero-order valence-corrected chi connectivity index (χ0v) is 30.7. The molecule has 0 radical (unpaired) electrons. The number of aryl methyl sites for hydroxylation is 2. The third-order valence-corrected chi connectivity index (χ3v) is 9.95. The Bertz CT molecular complexity index is 2380. The lowest BCUT2D eigenvalue weighted by Crippen LogP contribution is -2.12. The number of benzene rings is 8. The van der Waals surface area contributed by atoms with Gasteiger partial charge in [0.05, 0.1) is 0 Å². The van der Waals surface area contributed by atoms with Crippen LogP contribution in [0.1, 0.15) is 22.3 Å². The average Bonchev–Trinajstić information content (AvgIpc) is 3.23. The third kappa shape index (κ3) is 7.51. The summed E-state index contributed by atoms with van der Waals surface area (Å²) in [6.07, 6.45) is 4.36. The van der Waals surface area contributed by atoms with Gasteiger partial charge in [0.25, 0.3) is 0 Å². The molecule has 2 nitrogen and oxygen atoms in total. The number of anilines is 6. The average molecular weight is 695 g/mol. The van der Waals surface area contributed by atoms with Crippen molar-refractivity contribution in [1.29, 1.82) is 0 Å². The summed E-state index contributed by atoms with van der Waals surface area (Å²) in [7, 11) is 0. The summed E-state index contributed by atoms with van der Waals surface area (Å²) in [5, 5.41) is 0. The minimum atomic E-state index is 1.13. The molecule has 0 N–H and O–H groups in total. The van der Waals surface area contributed by atoms with E-state index in [4.69, 9.17) is 0 Å². The van der Waals surface area contributed by atoms with Crippen LogP contribution in [0, 0.1) is 13.8 Å². The van der Waals surface area contributed by atoms with E-state index < -0.39 is 0 Å². The van der Waals surface area contributed by atoms with E-state index in [2.05, 4.69) is 242 Å². The smallest absolute Gasteiger partial charge is 0.0490 e. The molecular formula is C52H42N2. The van der Waals surface area contributed by atoms with E-state index >= 15 is 0 Å². The Balaban J connectivity index is 0.949. The highest BCUT2D eigenvalue weighted by molar-refractivity contribution is 5.82. The van der Waals surface area contributed by atoms with Gasteiger partial charge in [-0.2, -0.15) is 0 Å². The molecule has 8 aromatic carbocycles. The van der Waals surface area contributed by atoms with Crippen molar-refractivity contribution >= 4 is 46.3 Å². The number of hydrogen-bond acceptors (Lipinski definition) is 2. The maximum absolute atomic E-state index is 2.36. The Morgan fingerprint density at radius 1 is 0.278 bits per heavy atom. The molecule has 8 rings (SSSR count). The van der Waals surface area contributed by atoms with Gasteiger partial charge in [0.1, 0.15) is 0 Å². The van der Waals surface area contributed by atoms with E-state index in [1.54, 1.807) is 0 Å². The fraction of sp³-hybridized carbons (Fsp3) is 0.0385. The van der Waals surface area contributed by atoms with Crippen LogP contribution in [-0.4, -0.2) is 0 Å². The van der Waals surface area contributed by atoms with Crippen LogP contribution < -0.4 is 9.80 Å². The van der Waals surface area contributed by atoms with Crippen molar-refractivity contribution in [2.24, 2.45) is 0 Å². The summed E-state index contributed by atoms with van der Waals surface area (Å²) in [4.78, 5) is 4.64. The fourth-order valence-corrected chi connectivity index (χ4v) is 7.01. The molecule has 0 saturated heterocycles. The van der Waals surface area contributed by atoms with E-state index in [0.717, 1.165) is 22.7 Å². The molecule has 0 bridgehead atoms. The summed E-state index contributed by atoms with van der Waals surface area (Å²) in [6, 6.07) is 73.5. The van der Waals surface area contributed by atoms with Crippen molar-refractivity contribution in [3.8, 4) is 22.3 Å². The van der Waals surface area contributed by atoms with Gasteiger partial charge >= 0.3 is 0 Å². The van der Waals surface area contributed by atoms with Gasteiger partial charge in [-0.1, -0.05) is 158 Å². The largest absolute Gasteiger partial charge is 0.311 e. The molecule has 0 fully saturated rings. The monoisotopic (exact) mass is 694 g/mol. The highest BCUT2D eigenvalue weighted by Gasteiger charge is 2.16. The summed E-state index contributed by atoms with van der Waals surface area (Å²) in [5.41, 5.74) is 16.5. The molecule has 0 spiro atoms. The molecule has 0 unspecified atom stereocenters. The van der Waals surface area contributed by atoms with Gasteiger partial charge in [-0.3, -0.25) is 0 Å². The maximum atomic E-state index is 2.36. The van der Waals surface area contributed by atoms with E-state index in [0.29, 0.717) is 0 Å². The minimum Gasteiger partial charge on any atom is -0.311 e. The summed E-state index contributed by atoms with van der Waals surface area (Å²) in [5.74, 6) is 0. The van der Waals surface area contributed by atoms with Gasteiger partial charge in [0.2, 0.25) is 0 Å². The standard InChI is InChI=1S/C52H42N2/c1-39-13-9-11-19-51(39)54(52-20-12-10-14-40(52)2)50-37-33-46(34-38-50)44-29-25-42(26-30-44)22-21-41-23-27-43(28-24-41)45-31-35-49(36-32-45)53(47-15-5-3-6-16-47)48-17-7-4-8-18-48/h3-38H,1-2H3/b22-21+. The van der Waals surface area contributed by atoms with Crippen LogP contribution in [0.3, 0.4) is 0 Å². The van der Waals surface area contributed by atoms with Crippen molar-refractivity contribution in [3.63, 3.8) is 0 Å². The molecule has 260 valence electrons. The molecule has 0 aliphatic heterocycles. The lowest BCUT2D eigenvalue weighted by molar-refractivity contribution is 1.23. The van der Waals surface area contributed by atoms with Gasteiger partial charge in [-0.25, -0.2) is 0 Å². The predicted molar refractivity (Wildman–Crippen MR) is 232 cm³/mol. The lowest BCUT2D eigenvalue weighted by atomic mass is 10.0. The van der Waals surface area contributed by atoms with Crippen molar-refractivity contribution in [2.45, 2.75) is 13.8 Å². The molecule has 0 saturated carbocycles. The summed E-state index contributed by atoms with van der Waals surface area (Å²) >= 11 is 0. The minimum absolute atomic E-state index is 1.13. The Morgan fingerprint density at radius 2 is 0.574 bits per heavy atom. The molecule has 0 amide bonds. The van der Waals surface area contributed by atoms with Gasteiger partial charge in [0.15, 0.2) is 0 Å². The van der Waals surface area contributed by atoms with Crippen LogP contribution in [0.4, 0.5) is 34.1 Å². The topological polar surface area (TPSA) is 6.48 Å². The Kier molecular flexibility index (Phi) is 9.99. The second-order valence-corrected chi connectivity index (χ2v) is 13.6. The summed E-state index contributed by atoms with van der Waals surface area (Å²) < 4.78 is 0. The zero-order valence-electron chi connectivity index (χ0n) is 30.7.